The Balaban J connectivity index is 0.00000180. The summed E-state index contributed by atoms with van der Waals surface area (Å²) in [6.07, 6.45) is 4.06. The van der Waals surface area contributed by atoms with Crippen LogP contribution in [0.3, 0.4) is 0 Å². The highest BCUT2D eigenvalue weighted by Crippen LogP contribution is 2.09. The van der Waals surface area contributed by atoms with E-state index in [-0.39, 0.29) is 19.0 Å². The van der Waals surface area contributed by atoms with Gasteiger partial charge in [-0.3, -0.25) is 4.98 Å². The zero-order valence-corrected chi connectivity index (χ0v) is 11.7. The molecule has 0 bridgehead atoms. The molecule has 2 aromatic heterocycles. The van der Waals surface area contributed by atoms with Gasteiger partial charge in [-0.2, -0.15) is 4.98 Å². The fourth-order valence-electron chi connectivity index (χ4n) is 1.39. The van der Waals surface area contributed by atoms with E-state index in [1.165, 1.54) is 0 Å². The fourth-order valence-corrected chi connectivity index (χ4v) is 1.39. The van der Waals surface area contributed by atoms with Crippen molar-refractivity contribution in [1.29, 1.82) is 0 Å². The lowest BCUT2D eigenvalue weighted by Gasteiger charge is -2.04. The van der Waals surface area contributed by atoms with E-state index in [1.54, 1.807) is 12.4 Å². The molecule has 0 saturated carbocycles. The molecule has 0 aliphatic heterocycles. The standard InChI is InChI=1S/C12H16N4O2.ClH/c1-9(13-2)6-11-15-12(18-16-11)8-17-10-4-3-5-14-7-10;/h3-5,7,9,13H,6,8H2,1-2H3;1H. The van der Waals surface area contributed by atoms with Crippen LogP contribution < -0.4 is 10.1 Å². The first-order valence-electron chi connectivity index (χ1n) is 5.79. The van der Waals surface area contributed by atoms with E-state index >= 15 is 0 Å². The van der Waals surface area contributed by atoms with E-state index in [2.05, 4.69) is 27.4 Å². The lowest BCUT2D eigenvalue weighted by atomic mass is 10.2. The van der Waals surface area contributed by atoms with Gasteiger partial charge in [0.2, 0.25) is 0 Å². The first kappa shape index (κ1) is 15.4. The Kier molecular flexibility index (Phi) is 6.24. The number of ether oxygens (including phenoxy) is 1. The number of nitrogens with one attached hydrogen (secondary N) is 1. The highest BCUT2D eigenvalue weighted by Gasteiger charge is 2.09. The third-order valence-corrected chi connectivity index (χ3v) is 2.49. The molecule has 0 aromatic carbocycles. The molecule has 1 atom stereocenters. The highest BCUT2D eigenvalue weighted by molar-refractivity contribution is 5.85. The smallest absolute Gasteiger partial charge is 0.264 e. The van der Waals surface area contributed by atoms with Crippen molar-refractivity contribution in [2.75, 3.05) is 7.05 Å². The molecule has 0 amide bonds. The van der Waals surface area contributed by atoms with Crippen LogP contribution >= 0.6 is 12.4 Å². The van der Waals surface area contributed by atoms with Crippen LogP contribution in [0.1, 0.15) is 18.6 Å². The molecule has 104 valence electrons. The molecule has 0 spiro atoms. The maximum atomic E-state index is 5.46. The van der Waals surface area contributed by atoms with E-state index in [1.807, 2.05) is 19.2 Å². The van der Waals surface area contributed by atoms with Crippen molar-refractivity contribution in [3.8, 4) is 5.75 Å². The van der Waals surface area contributed by atoms with Gasteiger partial charge in [0.1, 0.15) is 5.75 Å². The summed E-state index contributed by atoms with van der Waals surface area (Å²) in [4.78, 5) is 8.20. The first-order chi connectivity index (χ1) is 8.78. The molecule has 0 saturated heterocycles. The van der Waals surface area contributed by atoms with Gasteiger partial charge < -0.3 is 14.6 Å². The van der Waals surface area contributed by atoms with Crippen LogP contribution in [-0.2, 0) is 13.0 Å². The number of likely N-dealkylation sites (N-methyl/N-ethyl adjacent to an activating group) is 1. The monoisotopic (exact) mass is 284 g/mol. The van der Waals surface area contributed by atoms with Gasteiger partial charge in [0.15, 0.2) is 12.4 Å². The zero-order chi connectivity index (χ0) is 12.8. The number of hydrogen-bond acceptors (Lipinski definition) is 6. The van der Waals surface area contributed by atoms with E-state index in [0.717, 1.165) is 6.42 Å². The van der Waals surface area contributed by atoms with Gasteiger partial charge in [0.05, 0.1) is 6.20 Å². The summed E-state index contributed by atoms with van der Waals surface area (Å²) >= 11 is 0. The summed E-state index contributed by atoms with van der Waals surface area (Å²) in [6.45, 7) is 2.31. The maximum Gasteiger partial charge on any atom is 0.264 e. The molecule has 0 fully saturated rings. The second-order valence-electron chi connectivity index (χ2n) is 3.98. The zero-order valence-electron chi connectivity index (χ0n) is 10.9. The number of aromatic nitrogens is 3. The Morgan fingerprint density at radius 2 is 2.32 bits per heavy atom. The summed E-state index contributed by atoms with van der Waals surface area (Å²) in [5, 5.41) is 7.01. The van der Waals surface area contributed by atoms with E-state index in [4.69, 9.17) is 9.26 Å². The van der Waals surface area contributed by atoms with Crippen molar-refractivity contribution in [3.05, 3.63) is 36.2 Å². The van der Waals surface area contributed by atoms with Crippen LogP contribution in [0.5, 0.6) is 5.75 Å². The van der Waals surface area contributed by atoms with Gasteiger partial charge in [0, 0.05) is 18.7 Å². The number of pyridine rings is 1. The molecule has 1 N–H and O–H groups in total. The van der Waals surface area contributed by atoms with Crippen LogP contribution in [0.25, 0.3) is 0 Å². The molecule has 0 aliphatic carbocycles. The minimum absolute atomic E-state index is 0. The van der Waals surface area contributed by atoms with Crippen molar-refractivity contribution >= 4 is 12.4 Å². The topological polar surface area (TPSA) is 73.1 Å². The molecular weight excluding hydrogens is 268 g/mol. The van der Waals surface area contributed by atoms with Crippen LogP contribution in [0.15, 0.2) is 29.0 Å². The summed E-state index contributed by atoms with van der Waals surface area (Å²) < 4.78 is 10.6. The first-order valence-corrected chi connectivity index (χ1v) is 5.79. The average Bonchev–Trinajstić information content (AvgIpc) is 2.85. The molecular formula is C12H17ClN4O2. The summed E-state index contributed by atoms with van der Waals surface area (Å²) in [6, 6.07) is 3.95. The lowest BCUT2D eigenvalue weighted by molar-refractivity contribution is 0.241. The minimum atomic E-state index is 0. The Morgan fingerprint density at radius 1 is 1.47 bits per heavy atom. The van der Waals surface area contributed by atoms with Crippen LogP contribution in [0.2, 0.25) is 0 Å². The quantitative estimate of drug-likeness (QED) is 0.869. The minimum Gasteiger partial charge on any atom is -0.482 e. The third kappa shape index (κ3) is 4.84. The van der Waals surface area contributed by atoms with Gasteiger partial charge in [0.25, 0.3) is 5.89 Å². The third-order valence-electron chi connectivity index (χ3n) is 2.49. The van der Waals surface area contributed by atoms with Crippen LogP contribution in [0, 0.1) is 0 Å². The molecule has 1 unspecified atom stereocenters. The van der Waals surface area contributed by atoms with Crippen LogP contribution in [0.4, 0.5) is 0 Å². The van der Waals surface area contributed by atoms with E-state index in [9.17, 15) is 0 Å². The van der Waals surface area contributed by atoms with Gasteiger partial charge in [-0.1, -0.05) is 5.16 Å². The van der Waals surface area contributed by atoms with Crippen molar-refractivity contribution in [2.24, 2.45) is 0 Å². The molecule has 19 heavy (non-hydrogen) atoms. The predicted molar refractivity (Wildman–Crippen MR) is 72.3 cm³/mol. The number of hydrogen-bond donors (Lipinski definition) is 1. The van der Waals surface area contributed by atoms with Crippen LogP contribution in [-0.4, -0.2) is 28.2 Å². The number of rotatable bonds is 6. The van der Waals surface area contributed by atoms with Gasteiger partial charge in [-0.25, -0.2) is 0 Å². The largest absolute Gasteiger partial charge is 0.482 e. The SMILES string of the molecule is CNC(C)Cc1noc(COc2cccnc2)n1.Cl. The van der Waals surface area contributed by atoms with E-state index in [0.29, 0.717) is 23.5 Å². The Bertz CT molecular complexity index is 478. The Morgan fingerprint density at radius 3 is 3.00 bits per heavy atom. The van der Waals surface area contributed by atoms with Gasteiger partial charge in [-0.05, 0) is 26.1 Å². The van der Waals surface area contributed by atoms with Crippen molar-refractivity contribution < 1.29 is 9.26 Å². The second-order valence-corrected chi connectivity index (χ2v) is 3.98. The maximum absolute atomic E-state index is 5.46. The van der Waals surface area contributed by atoms with E-state index < -0.39 is 0 Å². The summed E-state index contributed by atoms with van der Waals surface area (Å²) in [5.74, 6) is 1.83. The fraction of sp³-hybridized carbons (Fsp3) is 0.417. The number of nitrogens with zero attached hydrogens (tertiary/aromatic N) is 3. The number of halogens is 1. The summed E-state index contributed by atoms with van der Waals surface area (Å²) in [5.41, 5.74) is 0. The second kappa shape index (κ2) is 7.70. The molecule has 2 rings (SSSR count). The normalized spacial score (nSPS) is 11.7. The molecule has 2 heterocycles. The molecule has 2 aromatic rings. The van der Waals surface area contributed by atoms with Gasteiger partial charge >= 0.3 is 0 Å². The van der Waals surface area contributed by atoms with Gasteiger partial charge in [-0.15, -0.1) is 12.4 Å². The lowest BCUT2D eigenvalue weighted by Crippen LogP contribution is -2.24. The molecule has 7 heteroatoms. The van der Waals surface area contributed by atoms with Crippen molar-refractivity contribution in [2.45, 2.75) is 26.0 Å². The molecule has 0 radical (unpaired) electrons. The molecule has 0 aliphatic rings. The van der Waals surface area contributed by atoms with Crippen molar-refractivity contribution in [3.63, 3.8) is 0 Å². The molecule has 6 nitrogen and oxygen atoms in total. The van der Waals surface area contributed by atoms with Crippen molar-refractivity contribution in [1.82, 2.24) is 20.4 Å². The average molecular weight is 285 g/mol. The predicted octanol–water partition coefficient (Wildman–Crippen LogP) is 1.62. The summed E-state index contributed by atoms with van der Waals surface area (Å²) in [7, 11) is 1.90. The Labute approximate surface area is 118 Å². The Hall–Kier alpha value is -1.66. The highest BCUT2D eigenvalue weighted by atomic mass is 35.5.